The first-order valence-electron chi connectivity index (χ1n) is 6.29. The Hall–Kier alpha value is -0.260. The summed E-state index contributed by atoms with van der Waals surface area (Å²) in [5.74, 6) is 1.75. The maximum Gasteiger partial charge on any atom is 0.238 e. The van der Waals surface area contributed by atoms with Gasteiger partial charge in [0.15, 0.2) is 0 Å². The van der Waals surface area contributed by atoms with E-state index in [1.165, 1.54) is 0 Å². The summed E-state index contributed by atoms with van der Waals surface area (Å²) in [6.07, 6.45) is 2.94. The van der Waals surface area contributed by atoms with Crippen molar-refractivity contribution >= 4 is 17.7 Å². The monoisotopic (exact) mass is 260 g/mol. The molecular formula is C12H24N2O2S. The quantitative estimate of drug-likeness (QED) is 0.534. The van der Waals surface area contributed by atoms with Gasteiger partial charge >= 0.3 is 0 Å². The van der Waals surface area contributed by atoms with E-state index in [0.29, 0.717) is 11.7 Å². The molecule has 0 radical (unpaired) electrons. The lowest BCUT2D eigenvalue weighted by atomic mass is 9.93. The number of hydrogen-bond acceptors (Lipinski definition) is 4. The molecule has 0 aromatic heterocycles. The third-order valence-corrected chi connectivity index (χ3v) is 4.27. The zero-order valence-electron chi connectivity index (χ0n) is 10.7. The van der Waals surface area contributed by atoms with Gasteiger partial charge in [-0.3, -0.25) is 4.79 Å². The Balaban J connectivity index is 2.59. The van der Waals surface area contributed by atoms with Crippen LogP contribution in [0.5, 0.6) is 0 Å². The SMILES string of the molecule is CC(C)NC(CSCCCO)(C(N)=O)C1CC1. The van der Waals surface area contributed by atoms with Gasteiger partial charge in [-0.2, -0.15) is 11.8 Å². The molecule has 1 amide bonds. The van der Waals surface area contributed by atoms with Crippen molar-refractivity contribution in [2.45, 2.75) is 44.7 Å². The number of thioether (sulfide) groups is 1. The first-order valence-corrected chi connectivity index (χ1v) is 7.44. The smallest absolute Gasteiger partial charge is 0.238 e. The van der Waals surface area contributed by atoms with Crippen LogP contribution in [0.3, 0.4) is 0 Å². The van der Waals surface area contributed by atoms with Crippen molar-refractivity contribution in [2.75, 3.05) is 18.1 Å². The van der Waals surface area contributed by atoms with Crippen LogP contribution in [0.2, 0.25) is 0 Å². The van der Waals surface area contributed by atoms with E-state index < -0.39 is 5.54 Å². The minimum atomic E-state index is -0.547. The van der Waals surface area contributed by atoms with Crippen LogP contribution in [0.4, 0.5) is 0 Å². The number of carbonyl (C=O) groups excluding carboxylic acids is 1. The van der Waals surface area contributed by atoms with Gasteiger partial charge in [0, 0.05) is 18.4 Å². The second-order valence-corrected chi connectivity index (χ2v) is 6.14. The molecule has 1 aliphatic rings. The summed E-state index contributed by atoms with van der Waals surface area (Å²) < 4.78 is 0. The van der Waals surface area contributed by atoms with Crippen molar-refractivity contribution < 1.29 is 9.90 Å². The molecule has 1 unspecified atom stereocenters. The maximum atomic E-state index is 11.8. The van der Waals surface area contributed by atoms with Crippen LogP contribution in [0, 0.1) is 5.92 Å². The summed E-state index contributed by atoms with van der Waals surface area (Å²) in [6, 6.07) is 0.251. The van der Waals surface area contributed by atoms with Crippen molar-refractivity contribution in [2.24, 2.45) is 11.7 Å². The lowest BCUT2D eigenvalue weighted by Gasteiger charge is -2.33. The number of aliphatic hydroxyl groups is 1. The van der Waals surface area contributed by atoms with Gasteiger partial charge in [0.2, 0.25) is 5.91 Å². The van der Waals surface area contributed by atoms with Crippen LogP contribution < -0.4 is 11.1 Å². The van der Waals surface area contributed by atoms with E-state index in [2.05, 4.69) is 5.32 Å². The predicted molar refractivity (Wildman–Crippen MR) is 71.9 cm³/mol. The molecule has 5 heteroatoms. The van der Waals surface area contributed by atoms with E-state index in [-0.39, 0.29) is 18.6 Å². The third-order valence-electron chi connectivity index (χ3n) is 3.04. The van der Waals surface area contributed by atoms with Gasteiger partial charge in [-0.1, -0.05) is 0 Å². The first-order chi connectivity index (χ1) is 8.03. The van der Waals surface area contributed by atoms with Crippen LogP contribution in [0.25, 0.3) is 0 Å². The number of carbonyl (C=O) groups is 1. The Bertz CT molecular complexity index is 257. The Labute approximate surface area is 108 Å². The molecule has 1 atom stereocenters. The molecule has 0 aromatic carbocycles. The Morgan fingerprint density at radius 2 is 2.24 bits per heavy atom. The van der Waals surface area contributed by atoms with E-state index in [4.69, 9.17) is 10.8 Å². The molecule has 1 aliphatic carbocycles. The van der Waals surface area contributed by atoms with Crippen LogP contribution in [0.15, 0.2) is 0 Å². The van der Waals surface area contributed by atoms with Gasteiger partial charge in [0.25, 0.3) is 0 Å². The number of rotatable bonds is 9. The van der Waals surface area contributed by atoms with Crippen molar-refractivity contribution in [1.29, 1.82) is 0 Å². The van der Waals surface area contributed by atoms with E-state index in [0.717, 1.165) is 25.0 Å². The van der Waals surface area contributed by atoms with Crippen LogP contribution in [-0.2, 0) is 4.79 Å². The lowest BCUT2D eigenvalue weighted by molar-refractivity contribution is -0.124. The Morgan fingerprint density at radius 3 is 2.65 bits per heavy atom. The van der Waals surface area contributed by atoms with Gasteiger partial charge in [-0.05, 0) is 44.8 Å². The molecule has 1 rings (SSSR count). The predicted octanol–water partition coefficient (Wildman–Crippen LogP) is 0.734. The fourth-order valence-corrected chi connectivity index (χ4v) is 3.37. The number of hydrogen-bond donors (Lipinski definition) is 3. The average Bonchev–Trinajstić information content (AvgIpc) is 3.05. The summed E-state index contributed by atoms with van der Waals surface area (Å²) in [5, 5.41) is 12.1. The molecule has 0 bridgehead atoms. The number of amides is 1. The molecule has 1 fully saturated rings. The molecule has 4 nitrogen and oxygen atoms in total. The molecule has 0 aromatic rings. The van der Waals surface area contributed by atoms with E-state index in [1.807, 2.05) is 13.8 Å². The molecule has 0 spiro atoms. The molecule has 0 saturated heterocycles. The Morgan fingerprint density at radius 1 is 1.59 bits per heavy atom. The van der Waals surface area contributed by atoms with Gasteiger partial charge < -0.3 is 16.2 Å². The van der Waals surface area contributed by atoms with E-state index in [1.54, 1.807) is 11.8 Å². The van der Waals surface area contributed by atoms with Gasteiger partial charge in [-0.25, -0.2) is 0 Å². The zero-order chi connectivity index (χ0) is 12.9. The highest BCUT2D eigenvalue weighted by molar-refractivity contribution is 7.99. The van der Waals surface area contributed by atoms with Crippen molar-refractivity contribution in [3.05, 3.63) is 0 Å². The summed E-state index contributed by atoms with van der Waals surface area (Å²) in [6.45, 7) is 4.29. The lowest BCUT2D eigenvalue weighted by Crippen LogP contribution is -2.61. The third kappa shape index (κ3) is 4.16. The number of primary amides is 1. The molecular weight excluding hydrogens is 236 g/mol. The van der Waals surface area contributed by atoms with Crippen molar-refractivity contribution in [1.82, 2.24) is 5.32 Å². The van der Waals surface area contributed by atoms with Gasteiger partial charge in [0.05, 0.1) is 0 Å². The van der Waals surface area contributed by atoms with E-state index >= 15 is 0 Å². The molecule has 0 heterocycles. The number of nitrogens with two attached hydrogens (primary N) is 1. The standard InChI is InChI=1S/C12H24N2O2S/c1-9(2)14-12(11(13)16,10-4-5-10)8-17-7-3-6-15/h9-10,14-15H,3-8H2,1-2H3,(H2,13,16). The molecule has 4 N–H and O–H groups in total. The first kappa shape index (κ1) is 14.8. The maximum absolute atomic E-state index is 11.8. The minimum absolute atomic E-state index is 0.206. The minimum Gasteiger partial charge on any atom is -0.396 e. The van der Waals surface area contributed by atoms with Crippen LogP contribution in [0.1, 0.15) is 33.1 Å². The summed E-state index contributed by atoms with van der Waals surface area (Å²) in [4.78, 5) is 11.8. The second kappa shape index (κ2) is 6.61. The van der Waals surface area contributed by atoms with E-state index in [9.17, 15) is 4.79 Å². The molecule has 1 saturated carbocycles. The molecule has 0 aliphatic heterocycles. The fraction of sp³-hybridized carbons (Fsp3) is 0.917. The fourth-order valence-electron chi connectivity index (χ4n) is 2.11. The van der Waals surface area contributed by atoms with Crippen molar-refractivity contribution in [3.63, 3.8) is 0 Å². The van der Waals surface area contributed by atoms with Crippen LogP contribution >= 0.6 is 11.8 Å². The van der Waals surface area contributed by atoms with Gasteiger partial charge in [0.1, 0.15) is 5.54 Å². The zero-order valence-corrected chi connectivity index (χ0v) is 11.6. The summed E-state index contributed by atoms with van der Waals surface area (Å²) >= 11 is 1.70. The average molecular weight is 260 g/mol. The van der Waals surface area contributed by atoms with Crippen LogP contribution in [-0.4, -0.2) is 40.7 Å². The normalized spacial score (nSPS) is 19.3. The topological polar surface area (TPSA) is 75.3 Å². The Kier molecular flexibility index (Phi) is 5.76. The molecule has 17 heavy (non-hydrogen) atoms. The highest BCUT2D eigenvalue weighted by Gasteiger charge is 2.49. The summed E-state index contributed by atoms with van der Waals surface area (Å²) in [7, 11) is 0. The van der Waals surface area contributed by atoms with Gasteiger partial charge in [-0.15, -0.1) is 0 Å². The highest BCUT2D eigenvalue weighted by atomic mass is 32.2. The second-order valence-electron chi connectivity index (χ2n) is 5.04. The molecule has 100 valence electrons. The number of nitrogens with one attached hydrogen (secondary N) is 1. The summed E-state index contributed by atoms with van der Waals surface area (Å²) in [5.41, 5.74) is 5.06. The highest BCUT2D eigenvalue weighted by Crippen LogP contribution is 2.41. The largest absolute Gasteiger partial charge is 0.396 e. The number of aliphatic hydroxyl groups excluding tert-OH is 1. The van der Waals surface area contributed by atoms with Crippen molar-refractivity contribution in [3.8, 4) is 0 Å².